The van der Waals surface area contributed by atoms with Gasteiger partial charge in [0.05, 0.1) is 13.2 Å². The molecule has 1 aromatic carbocycles. The lowest BCUT2D eigenvalue weighted by molar-refractivity contribution is -0.140. The fourth-order valence-electron chi connectivity index (χ4n) is 3.35. The van der Waals surface area contributed by atoms with Crippen LogP contribution >= 0.6 is 0 Å². The minimum absolute atomic E-state index is 0.0793. The molecule has 134 valence electrons. The normalized spacial score (nSPS) is 22.3. The number of imide groups is 1. The molecule has 0 N–H and O–H groups in total. The summed E-state index contributed by atoms with van der Waals surface area (Å²) in [4.78, 5) is 39.4. The van der Waals surface area contributed by atoms with Crippen LogP contribution < -0.4 is 4.74 Å². The summed E-state index contributed by atoms with van der Waals surface area (Å²) in [6.07, 6.45) is 0.945. The molecule has 1 aromatic rings. The van der Waals surface area contributed by atoms with Gasteiger partial charge in [0.15, 0.2) is 5.60 Å². The molecule has 3 rings (SSSR count). The standard InChI is InChI=1S/C18H22N2O5/c1-18(2)16(22)20(17(23)25-18)11-15(21)19-9-5-8-14(19)12-6-4-7-13(10-12)24-3/h4,6-7,10,14H,5,8-9,11H2,1-3H3. The number of nitrogens with zero attached hydrogens (tertiary/aromatic N) is 2. The Morgan fingerprint density at radius 1 is 1.36 bits per heavy atom. The van der Waals surface area contributed by atoms with E-state index in [1.165, 1.54) is 13.8 Å². The van der Waals surface area contributed by atoms with Gasteiger partial charge in [0.25, 0.3) is 5.91 Å². The second-order valence-corrected chi connectivity index (χ2v) is 6.79. The predicted molar refractivity (Wildman–Crippen MR) is 89.0 cm³/mol. The number of methoxy groups -OCH3 is 1. The Hall–Kier alpha value is -2.57. The molecule has 2 saturated heterocycles. The van der Waals surface area contributed by atoms with E-state index in [0.717, 1.165) is 29.1 Å². The van der Waals surface area contributed by atoms with Crippen LogP contribution in [0, 0.1) is 0 Å². The van der Waals surface area contributed by atoms with Gasteiger partial charge in [-0.25, -0.2) is 9.69 Å². The molecule has 7 heteroatoms. The van der Waals surface area contributed by atoms with E-state index >= 15 is 0 Å². The van der Waals surface area contributed by atoms with E-state index in [1.807, 2.05) is 24.3 Å². The molecule has 7 nitrogen and oxygen atoms in total. The Bertz CT molecular complexity index is 715. The molecule has 3 amide bonds. The summed E-state index contributed by atoms with van der Waals surface area (Å²) in [6.45, 7) is 3.35. The van der Waals surface area contributed by atoms with Crippen molar-refractivity contribution in [2.75, 3.05) is 20.2 Å². The topological polar surface area (TPSA) is 76.2 Å². The van der Waals surface area contributed by atoms with E-state index in [2.05, 4.69) is 0 Å². The Labute approximate surface area is 146 Å². The molecule has 0 aromatic heterocycles. The fourth-order valence-corrected chi connectivity index (χ4v) is 3.35. The van der Waals surface area contributed by atoms with Crippen LogP contribution in [-0.2, 0) is 14.3 Å². The van der Waals surface area contributed by atoms with E-state index < -0.39 is 17.6 Å². The van der Waals surface area contributed by atoms with Gasteiger partial charge >= 0.3 is 6.09 Å². The highest BCUT2D eigenvalue weighted by molar-refractivity contribution is 6.04. The van der Waals surface area contributed by atoms with Crippen molar-refractivity contribution in [3.63, 3.8) is 0 Å². The summed E-state index contributed by atoms with van der Waals surface area (Å²) < 4.78 is 10.3. The average Bonchev–Trinajstić information content (AvgIpc) is 3.14. The van der Waals surface area contributed by atoms with Gasteiger partial charge in [-0.05, 0) is 44.4 Å². The maximum atomic E-state index is 12.7. The van der Waals surface area contributed by atoms with Crippen molar-refractivity contribution in [1.82, 2.24) is 9.80 Å². The van der Waals surface area contributed by atoms with Crippen molar-refractivity contribution in [2.24, 2.45) is 0 Å². The molecule has 0 spiro atoms. The fraction of sp³-hybridized carbons (Fsp3) is 0.500. The molecule has 0 radical (unpaired) electrons. The van der Waals surface area contributed by atoms with Gasteiger partial charge in [0, 0.05) is 6.54 Å². The third-order valence-corrected chi connectivity index (χ3v) is 4.67. The van der Waals surface area contributed by atoms with Gasteiger partial charge in [-0.2, -0.15) is 0 Å². The molecule has 1 unspecified atom stereocenters. The first kappa shape index (κ1) is 17.3. The van der Waals surface area contributed by atoms with E-state index in [-0.39, 0.29) is 18.5 Å². The lowest BCUT2D eigenvalue weighted by atomic mass is 10.0. The maximum absolute atomic E-state index is 12.7. The molecule has 1 atom stereocenters. The molecule has 2 aliphatic heterocycles. The first-order chi connectivity index (χ1) is 11.8. The molecule has 2 fully saturated rings. The van der Waals surface area contributed by atoms with Crippen LogP contribution in [0.1, 0.15) is 38.3 Å². The summed E-state index contributed by atoms with van der Waals surface area (Å²) in [5.41, 5.74) is -0.227. The Balaban J connectivity index is 1.75. The minimum atomic E-state index is -1.21. The zero-order chi connectivity index (χ0) is 18.2. The van der Waals surface area contributed by atoms with Crippen LogP contribution in [0.15, 0.2) is 24.3 Å². The van der Waals surface area contributed by atoms with E-state index in [9.17, 15) is 14.4 Å². The highest BCUT2D eigenvalue weighted by atomic mass is 16.6. The quantitative estimate of drug-likeness (QED) is 0.835. The Morgan fingerprint density at radius 3 is 2.76 bits per heavy atom. The van der Waals surface area contributed by atoms with Gasteiger partial charge in [0.1, 0.15) is 12.3 Å². The summed E-state index contributed by atoms with van der Waals surface area (Å²) in [7, 11) is 1.60. The van der Waals surface area contributed by atoms with Crippen LogP contribution in [0.25, 0.3) is 0 Å². The van der Waals surface area contributed by atoms with Crippen molar-refractivity contribution >= 4 is 17.9 Å². The highest BCUT2D eigenvalue weighted by Crippen LogP contribution is 2.34. The summed E-state index contributed by atoms with van der Waals surface area (Å²) in [6, 6.07) is 7.53. The SMILES string of the molecule is COc1cccc(C2CCCN2C(=O)CN2C(=O)OC(C)(C)C2=O)c1. The van der Waals surface area contributed by atoms with Crippen molar-refractivity contribution in [3.8, 4) is 5.75 Å². The average molecular weight is 346 g/mol. The van der Waals surface area contributed by atoms with Crippen LogP contribution in [0.3, 0.4) is 0 Å². The molecule has 0 aliphatic carbocycles. The monoisotopic (exact) mass is 346 g/mol. The summed E-state index contributed by atoms with van der Waals surface area (Å²) in [5.74, 6) is -0.00635. The zero-order valence-corrected chi connectivity index (χ0v) is 14.7. The van der Waals surface area contributed by atoms with Crippen LogP contribution in [-0.4, -0.2) is 53.5 Å². The molecule has 25 heavy (non-hydrogen) atoms. The third-order valence-electron chi connectivity index (χ3n) is 4.67. The lowest BCUT2D eigenvalue weighted by Gasteiger charge is -2.26. The highest BCUT2D eigenvalue weighted by Gasteiger charge is 2.48. The van der Waals surface area contributed by atoms with E-state index in [0.29, 0.717) is 6.54 Å². The number of likely N-dealkylation sites (tertiary alicyclic amines) is 1. The number of carbonyl (C=O) groups is 3. The van der Waals surface area contributed by atoms with Gasteiger partial charge < -0.3 is 14.4 Å². The minimum Gasteiger partial charge on any atom is -0.497 e. The summed E-state index contributed by atoms with van der Waals surface area (Å²) >= 11 is 0. The van der Waals surface area contributed by atoms with Gasteiger partial charge in [-0.1, -0.05) is 12.1 Å². The van der Waals surface area contributed by atoms with Crippen molar-refractivity contribution in [2.45, 2.75) is 38.3 Å². The number of amides is 3. The van der Waals surface area contributed by atoms with E-state index in [1.54, 1.807) is 12.0 Å². The Kier molecular flexibility index (Phi) is 4.41. The van der Waals surface area contributed by atoms with Gasteiger partial charge in [-0.15, -0.1) is 0 Å². The zero-order valence-electron chi connectivity index (χ0n) is 14.7. The number of benzene rings is 1. The van der Waals surface area contributed by atoms with E-state index in [4.69, 9.17) is 9.47 Å². The lowest BCUT2D eigenvalue weighted by Crippen LogP contribution is -2.44. The number of cyclic esters (lactones) is 1. The summed E-state index contributed by atoms with van der Waals surface area (Å²) in [5, 5.41) is 0. The largest absolute Gasteiger partial charge is 0.497 e. The third kappa shape index (κ3) is 3.18. The molecule has 2 aliphatic rings. The molecular formula is C18H22N2O5. The molecule has 0 bridgehead atoms. The second-order valence-electron chi connectivity index (χ2n) is 6.79. The molecular weight excluding hydrogens is 324 g/mol. The number of hydrogen-bond acceptors (Lipinski definition) is 5. The number of rotatable bonds is 4. The van der Waals surface area contributed by atoms with Gasteiger partial charge in [-0.3, -0.25) is 9.59 Å². The van der Waals surface area contributed by atoms with Gasteiger partial charge in [0.2, 0.25) is 5.91 Å². The van der Waals surface area contributed by atoms with Crippen molar-refractivity contribution < 1.29 is 23.9 Å². The van der Waals surface area contributed by atoms with Crippen LogP contribution in [0.4, 0.5) is 4.79 Å². The van der Waals surface area contributed by atoms with Crippen LogP contribution in [0.5, 0.6) is 5.75 Å². The van der Waals surface area contributed by atoms with Crippen molar-refractivity contribution in [3.05, 3.63) is 29.8 Å². The maximum Gasteiger partial charge on any atom is 0.418 e. The number of carbonyl (C=O) groups excluding carboxylic acids is 3. The first-order valence-corrected chi connectivity index (χ1v) is 8.32. The molecule has 2 heterocycles. The predicted octanol–water partition coefficient (Wildman–Crippen LogP) is 2.12. The van der Waals surface area contributed by atoms with Crippen LogP contribution in [0.2, 0.25) is 0 Å². The number of hydrogen-bond donors (Lipinski definition) is 0. The first-order valence-electron chi connectivity index (χ1n) is 8.32. The molecule has 0 saturated carbocycles. The smallest absolute Gasteiger partial charge is 0.418 e. The second kappa shape index (κ2) is 6.38. The Morgan fingerprint density at radius 2 is 2.12 bits per heavy atom. The van der Waals surface area contributed by atoms with Crippen molar-refractivity contribution in [1.29, 1.82) is 0 Å². The number of ether oxygens (including phenoxy) is 2.